The molecule has 2 rings (SSSR count). The minimum absolute atomic E-state index is 0.244. The number of carboxylic acid groups (broad SMARTS) is 2. The van der Waals surface area contributed by atoms with E-state index in [-0.39, 0.29) is 5.02 Å². The van der Waals surface area contributed by atoms with E-state index in [1.807, 2.05) is 0 Å². The Kier molecular flexibility index (Phi) is 4.58. The van der Waals surface area contributed by atoms with Crippen LogP contribution >= 0.6 is 11.6 Å². The molecule has 7 nitrogen and oxygen atoms in total. The third kappa shape index (κ3) is 3.33. The van der Waals surface area contributed by atoms with Gasteiger partial charge < -0.3 is 10.2 Å². The van der Waals surface area contributed by atoms with Crippen molar-refractivity contribution < 1.29 is 33.0 Å². The van der Waals surface area contributed by atoms with Gasteiger partial charge in [0.05, 0.1) is 16.9 Å². The molecule has 0 radical (unpaired) electrons. The zero-order valence-electron chi connectivity index (χ0n) is 12.3. The van der Waals surface area contributed by atoms with Crippen molar-refractivity contribution in [3.05, 3.63) is 56.0 Å². The van der Waals surface area contributed by atoms with E-state index >= 15 is 0 Å². The summed E-state index contributed by atoms with van der Waals surface area (Å²) in [5.74, 6) is -3.66. The van der Waals surface area contributed by atoms with Crippen molar-refractivity contribution in [3.8, 4) is 5.69 Å². The molecule has 0 saturated heterocycles. The summed E-state index contributed by atoms with van der Waals surface area (Å²) in [4.78, 5) is 34.3. The Balaban J connectivity index is 2.97. The van der Waals surface area contributed by atoms with Crippen molar-refractivity contribution in [2.24, 2.45) is 0 Å². The largest absolute Gasteiger partial charge is 0.477 e. The average molecular weight is 377 g/mol. The summed E-state index contributed by atoms with van der Waals surface area (Å²) in [5, 5.41) is 21.3. The van der Waals surface area contributed by atoms with Crippen LogP contribution in [0.4, 0.5) is 13.2 Å². The minimum Gasteiger partial charge on any atom is -0.477 e. The molecule has 11 heteroatoms. The molecule has 0 amide bonds. The molecule has 0 unspecified atom stereocenters. The third-order valence-corrected chi connectivity index (χ3v) is 3.47. The second-order valence-corrected chi connectivity index (χ2v) is 5.26. The molecule has 0 aliphatic heterocycles. The number of carboxylic acids is 2. The van der Waals surface area contributed by atoms with E-state index in [9.17, 15) is 27.6 Å². The SMILES string of the molecule is Cc1c(C(=O)O)c(=O)c(C(=O)O)nn1-c1ccc(Cl)cc1C(F)(F)F. The van der Waals surface area contributed by atoms with Gasteiger partial charge in [0.2, 0.25) is 11.1 Å². The first-order chi connectivity index (χ1) is 11.4. The zero-order chi connectivity index (χ0) is 19.1. The number of aromatic nitrogens is 2. The van der Waals surface area contributed by atoms with Gasteiger partial charge in [-0.15, -0.1) is 0 Å². The fraction of sp³-hybridized carbons (Fsp3) is 0.143. The van der Waals surface area contributed by atoms with E-state index in [1.54, 1.807) is 0 Å². The first kappa shape index (κ1) is 18.5. The van der Waals surface area contributed by atoms with Gasteiger partial charge in [-0.3, -0.25) is 4.79 Å². The molecule has 2 aromatic rings. The van der Waals surface area contributed by atoms with Crippen molar-refractivity contribution in [1.29, 1.82) is 0 Å². The Hall–Kier alpha value is -2.88. The summed E-state index contributed by atoms with van der Waals surface area (Å²) in [6.07, 6.45) is -4.88. The molecule has 0 fully saturated rings. The number of aromatic carboxylic acids is 2. The highest BCUT2D eigenvalue weighted by molar-refractivity contribution is 6.30. The van der Waals surface area contributed by atoms with Crippen LogP contribution in [0.5, 0.6) is 0 Å². The smallest absolute Gasteiger partial charge is 0.418 e. The van der Waals surface area contributed by atoms with Crippen LogP contribution in [0.3, 0.4) is 0 Å². The van der Waals surface area contributed by atoms with Crippen molar-refractivity contribution in [2.45, 2.75) is 13.1 Å². The standard InChI is InChI=1S/C14H8ClF3N2O5/c1-5-9(12(22)23)11(21)10(13(24)25)19-20(5)8-3-2-6(15)4-7(8)14(16,17)18/h2-4H,1H3,(H,22,23)(H,24,25). The number of halogens is 4. The Morgan fingerprint density at radius 3 is 2.28 bits per heavy atom. The van der Waals surface area contributed by atoms with E-state index in [0.29, 0.717) is 10.7 Å². The second kappa shape index (κ2) is 6.20. The lowest BCUT2D eigenvalue weighted by Gasteiger charge is -2.17. The molecule has 0 bridgehead atoms. The molecule has 2 N–H and O–H groups in total. The number of alkyl halides is 3. The van der Waals surface area contributed by atoms with Gasteiger partial charge in [0.1, 0.15) is 5.56 Å². The van der Waals surface area contributed by atoms with Crippen LogP contribution < -0.4 is 5.43 Å². The van der Waals surface area contributed by atoms with Crippen LogP contribution in [0, 0.1) is 6.92 Å². The Labute approximate surface area is 141 Å². The highest BCUT2D eigenvalue weighted by Gasteiger charge is 2.35. The van der Waals surface area contributed by atoms with Crippen LogP contribution in [-0.2, 0) is 6.18 Å². The van der Waals surface area contributed by atoms with Crippen LogP contribution in [0.2, 0.25) is 5.02 Å². The van der Waals surface area contributed by atoms with Gasteiger partial charge >= 0.3 is 18.1 Å². The minimum atomic E-state index is -4.88. The van der Waals surface area contributed by atoms with Gasteiger partial charge in [0, 0.05) is 5.02 Å². The third-order valence-electron chi connectivity index (χ3n) is 3.23. The molecule has 1 heterocycles. The summed E-state index contributed by atoms with van der Waals surface area (Å²) in [6.45, 7) is 1.04. The number of hydrogen-bond acceptors (Lipinski definition) is 4. The number of benzene rings is 1. The van der Waals surface area contributed by atoms with Gasteiger partial charge in [-0.05, 0) is 25.1 Å². The van der Waals surface area contributed by atoms with E-state index < -0.39 is 51.7 Å². The lowest BCUT2D eigenvalue weighted by Crippen LogP contribution is -2.30. The Morgan fingerprint density at radius 2 is 1.80 bits per heavy atom. The maximum absolute atomic E-state index is 13.2. The molecule has 0 aliphatic carbocycles. The Bertz CT molecular complexity index is 953. The van der Waals surface area contributed by atoms with Gasteiger partial charge in [-0.1, -0.05) is 11.6 Å². The Morgan fingerprint density at radius 1 is 1.20 bits per heavy atom. The normalized spacial score (nSPS) is 11.4. The summed E-state index contributed by atoms with van der Waals surface area (Å²) >= 11 is 5.57. The molecule has 1 aromatic heterocycles. The fourth-order valence-corrected chi connectivity index (χ4v) is 2.33. The van der Waals surface area contributed by atoms with E-state index in [1.165, 1.54) is 0 Å². The monoisotopic (exact) mass is 376 g/mol. The molecular weight excluding hydrogens is 369 g/mol. The fourth-order valence-electron chi connectivity index (χ4n) is 2.16. The van der Waals surface area contributed by atoms with Crippen molar-refractivity contribution >= 4 is 23.5 Å². The summed E-state index contributed by atoms with van der Waals surface area (Å²) in [7, 11) is 0. The highest BCUT2D eigenvalue weighted by atomic mass is 35.5. The molecule has 0 spiro atoms. The lowest BCUT2D eigenvalue weighted by molar-refractivity contribution is -0.137. The molecular formula is C14H8ClF3N2O5. The first-order valence-corrected chi connectivity index (χ1v) is 6.80. The zero-order valence-corrected chi connectivity index (χ0v) is 13.0. The molecule has 1 aromatic carbocycles. The summed E-state index contributed by atoms with van der Waals surface area (Å²) < 4.78 is 40.2. The van der Waals surface area contributed by atoms with Crippen LogP contribution in [0.15, 0.2) is 23.0 Å². The van der Waals surface area contributed by atoms with Crippen LogP contribution in [-0.4, -0.2) is 31.9 Å². The lowest BCUT2D eigenvalue weighted by atomic mass is 10.1. The topological polar surface area (TPSA) is 109 Å². The highest BCUT2D eigenvalue weighted by Crippen LogP contribution is 2.35. The first-order valence-electron chi connectivity index (χ1n) is 6.42. The van der Waals surface area contributed by atoms with E-state index in [0.717, 1.165) is 19.1 Å². The van der Waals surface area contributed by atoms with Crippen LogP contribution in [0.25, 0.3) is 5.69 Å². The van der Waals surface area contributed by atoms with Gasteiger partial charge in [0.15, 0.2) is 0 Å². The summed E-state index contributed by atoms with van der Waals surface area (Å²) in [6, 6.07) is 2.57. The number of hydrogen-bond donors (Lipinski definition) is 2. The summed E-state index contributed by atoms with van der Waals surface area (Å²) in [5.41, 5.74) is -6.01. The molecule has 132 valence electrons. The second-order valence-electron chi connectivity index (χ2n) is 4.82. The molecule has 0 atom stereocenters. The predicted octanol–water partition coefficient (Wildman–Crippen LogP) is 2.61. The van der Waals surface area contributed by atoms with Crippen molar-refractivity contribution in [2.75, 3.05) is 0 Å². The quantitative estimate of drug-likeness (QED) is 0.852. The maximum Gasteiger partial charge on any atom is 0.418 e. The predicted molar refractivity (Wildman–Crippen MR) is 78.5 cm³/mol. The van der Waals surface area contributed by atoms with Gasteiger partial charge in [0.25, 0.3) is 0 Å². The van der Waals surface area contributed by atoms with E-state index in [4.69, 9.17) is 21.8 Å². The molecule has 25 heavy (non-hydrogen) atoms. The van der Waals surface area contributed by atoms with Crippen molar-refractivity contribution in [3.63, 3.8) is 0 Å². The molecule has 0 aliphatic rings. The van der Waals surface area contributed by atoms with Crippen molar-refractivity contribution in [1.82, 2.24) is 9.78 Å². The average Bonchev–Trinajstić information content (AvgIpc) is 2.46. The number of carbonyl (C=O) groups is 2. The number of rotatable bonds is 3. The van der Waals surface area contributed by atoms with Crippen LogP contribution in [0.1, 0.15) is 32.1 Å². The molecule has 0 saturated carbocycles. The number of nitrogens with zero attached hydrogens (tertiary/aromatic N) is 2. The maximum atomic E-state index is 13.2. The van der Waals surface area contributed by atoms with Gasteiger partial charge in [-0.25, -0.2) is 14.3 Å². The van der Waals surface area contributed by atoms with E-state index in [2.05, 4.69) is 5.10 Å². The van der Waals surface area contributed by atoms with Gasteiger partial charge in [-0.2, -0.15) is 18.3 Å².